The molecular formula is C13H15FN4. The molecule has 2 N–H and O–H groups in total. The SMILES string of the molecule is N#CN=C(NCCF)NC1CCc2ccccc21. The molecule has 0 amide bonds. The molecule has 0 saturated heterocycles. The summed E-state index contributed by atoms with van der Waals surface area (Å²) in [5, 5.41) is 14.5. The summed E-state index contributed by atoms with van der Waals surface area (Å²) in [7, 11) is 0. The standard InChI is InChI=1S/C13H15FN4/c14-7-8-16-13(17-9-15)18-12-6-5-10-3-1-2-4-11(10)12/h1-4,12H,5-8H2,(H2,16,17,18). The summed E-state index contributed by atoms with van der Waals surface area (Å²) in [6, 6.07) is 8.33. The Labute approximate surface area is 106 Å². The van der Waals surface area contributed by atoms with E-state index in [9.17, 15) is 4.39 Å². The lowest BCUT2D eigenvalue weighted by molar-refractivity contribution is 0.487. The van der Waals surface area contributed by atoms with E-state index in [0.717, 1.165) is 12.8 Å². The molecular weight excluding hydrogens is 231 g/mol. The van der Waals surface area contributed by atoms with Crippen molar-refractivity contribution in [3.8, 4) is 6.19 Å². The Kier molecular flexibility index (Phi) is 4.13. The lowest BCUT2D eigenvalue weighted by Gasteiger charge is -2.17. The lowest BCUT2D eigenvalue weighted by Crippen LogP contribution is -2.39. The first-order valence-electron chi connectivity index (χ1n) is 5.96. The number of nitriles is 1. The van der Waals surface area contributed by atoms with Gasteiger partial charge in [0, 0.05) is 6.54 Å². The van der Waals surface area contributed by atoms with Crippen LogP contribution in [0.25, 0.3) is 0 Å². The van der Waals surface area contributed by atoms with E-state index in [-0.39, 0.29) is 12.6 Å². The van der Waals surface area contributed by atoms with Gasteiger partial charge in [0.25, 0.3) is 0 Å². The molecule has 0 aliphatic heterocycles. The molecule has 1 atom stereocenters. The largest absolute Gasteiger partial charge is 0.353 e. The number of aryl methyl sites for hydroxylation is 1. The van der Waals surface area contributed by atoms with E-state index < -0.39 is 6.67 Å². The second kappa shape index (κ2) is 6.01. The topological polar surface area (TPSA) is 60.2 Å². The molecule has 1 aromatic rings. The predicted molar refractivity (Wildman–Crippen MR) is 67.7 cm³/mol. The van der Waals surface area contributed by atoms with Gasteiger partial charge in [0.05, 0.1) is 6.04 Å². The summed E-state index contributed by atoms with van der Waals surface area (Å²) in [6.45, 7) is -0.338. The smallest absolute Gasteiger partial charge is 0.209 e. The molecule has 1 aliphatic rings. The van der Waals surface area contributed by atoms with Crippen LogP contribution in [0.15, 0.2) is 29.3 Å². The normalized spacial score (nSPS) is 18.0. The van der Waals surface area contributed by atoms with Crippen LogP contribution in [-0.2, 0) is 6.42 Å². The van der Waals surface area contributed by atoms with Crippen molar-refractivity contribution in [2.45, 2.75) is 18.9 Å². The van der Waals surface area contributed by atoms with E-state index in [4.69, 9.17) is 5.26 Å². The first kappa shape index (κ1) is 12.4. The van der Waals surface area contributed by atoms with Crippen molar-refractivity contribution in [2.75, 3.05) is 13.2 Å². The molecule has 1 aliphatic carbocycles. The highest BCUT2D eigenvalue weighted by atomic mass is 19.1. The average molecular weight is 246 g/mol. The molecule has 1 aromatic carbocycles. The quantitative estimate of drug-likeness (QED) is 0.484. The number of guanidine groups is 1. The van der Waals surface area contributed by atoms with Crippen molar-refractivity contribution in [3.63, 3.8) is 0 Å². The Bertz CT molecular complexity index is 478. The van der Waals surface area contributed by atoms with Crippen LogP contribution in [0.4, 0.5) is 4.39 Å². The van der Waals surface area contributed by atoms with Crippen LogP contribution in [0.3, 0.4) is 0 Å². The van der Waals surface area contributed by atoms with Crippen LogP contribution in [-0.4, -0.2) is 19.2 Å². The Morgan fingerprint density at radius 1 is 1.50 bits per heavy atom. The molecule has 5 heteroatoms. The van der Waals surface area contributed by atoms with Crippen molar-refractivity contribution in [1.82, 2.24) is 10.6 Å². The van der Waals surface area contributed by atoms with E-state index in [1.54, 1.807) is 6.19 Å². The Morgan fingerprint density at radius 2 is 2.33 bits per heavy atom. The van der Waals surface area contributed by atoms with E-state index in [0.29, 0.717) is 5.96 Å². The lowest BCUT2D eigenvalue weighted by atomic mass is 10.1. The third kappa shape index (κ3) is 2.77. The second-order valence-electron chi connectivity index (χ2n) is 4.11. The number of rotatable bonds is 3. The zero-order valence-corrected chi connectivity index (χ0v) is 9.99. The number of hydrogen-bond acceptors (Lipinski definition) is 2. The van der Waals surface area contributed by atoms with Crippen molar-refractivity contribution in [3.05, 3.63) is 35.4 Å². The van der Waals surface area contributed by atoms with Gasteiger partial charge >= 0.3 is 0 Å². The van der Waals surface area contributed by atoms with Crippen molar-refractivity contribution < 1.29 is 4.39 Å². The second-order valence-corrected chi connectivity index (χ2v) is 4.11. The maximum Gasteiger partial charge on any atom is 0.209 e. The summed E-state index contributed by atoms with van der Waals surface area (Å²) >= 11 is 0. The van der Waals surface area contributed by atoms with Gasteiger partial charge < -0.3 is 10.6 Å². The van der Waals surface area contributed by atoms with Gasteiger partial charge in [-0.3, -0.25) is 0 Å². The summed E-state index contributed by atoms with van der Waals surface area (Å²) in [5.41, 5.74) is 2.54. The number of hydrogen-bond donors (Lipinski definition) is 2. The Balaban J connectivity index is 2.05. The molecule has 4 nitrogen and oxygen atoms in total. The van der Waals surface area contributed by atoms with Crippen LogP contribution in [0, 0.1) is 11.5 Å². The number of benzene rings is 1. The first-order valence-corrected chi connectivity index (χ1v) is 5.96. The van der Waals surface area contributed by atoms with Crippen LogP contribution in [0.2, 0.25) is 0 Å². The van der Waals surface area contributed by atoms with Crippen LogP contribution >= 0.6 is 0 Å². The molecule has 0 fully saturated rings. The zero-order chi connectivity index (χ0) is 12.8. The monoisotopic (exact) mass is 246 g/mol. The molecule has 2 rings (SSSR count). The van der Waals surface area contributed by atoms with E-state index in [2.05, 4.69) is 27.8 Å². The van der Waals surface area contributed by atoms with Gasteiger partial charge in [0.2, 0.25) is 12.2 Å². The number of nitrogens with one attached hydrogen (secondary N) is 2. The third-order valence-electron chi connectivity index (χ3n) is 2.99. The van der Waals surface area contributed by atoms with Gasteiger partial charge in [-0.15, -0.1) is 4.99 Å². The fourth-order valence-corrected chi connectivity index (χ4v) is 2.21. The molecule has 0 spiro atoms. The maximum absolute atomic E-state index is 12.1. The Morgan fingerprint density at radius 3 is 3.11 bits per heavy atom. The van der Waals surface area contributed by atoms with Crippen LogP contribution in [0.5, 0.6) is 0 Å². The van der Waals surface area contributed by atoms with Gasteiger partial charge in [-0.1, -0.05) is 24.3 Å². The van der Waals surface area contributed by atoms with Gasteiger partial charge in [-0.05, 0) is 24.0 Å². The van der Waals surface area contributed by atoms with Crippen molar-refractivity contribution in [2.24, 2.45) is 4.99 Å². The average Bonchev–Trinajstić information content (AvgIpc) is 2.80. The summed E-state index contributed by atoms with van der Waals surface area (Å²) in [6.07, 6.45) is 3.69. The maximum atomic E-state index is 12.1. The molecule has 1 unspecified atom stereocenters. The number of nitrogens with zero attached hydrogens (tertiary/aromatic N) is 2. The van der Waals surface area contributed by atoms with Gasteiger partial charge in [0.1, 0.15) is 6.67 Å². The highest BCUT2D eigenvalue weighted by Gasteiger charge is 2.22. The molecule has 0 saturated carbocycles. The number of halogens is 1. The van der Waals surface area contributed by atoms with Gasteiger partial charge in [0.15, 0.2) is 0 Å². The summed E-state index contributed by atoms with van der Waals surface area (Å²) in [4.78, 5) is 3.63. The molecule has 0 aromatic heterocycles. The fraction of sp³-hybridized carbons (Fsp3) is 0.385. The van der Waals surface area contributed by atoms with E-state index in [1.165, 1.54) is 11.1 Å². The minimum absolute atomic E-state index is 0.139. The van der Waals surface area contributed by atoms with Crippen LogP contribution < -0.4 is 10.6 Å². The van der Waals surface area contributed by atoms with Gasteiger partial charge in [-0.25, -0.2) is 4.39 Å². The molecule has 0 heterocycles. The van der Waals surface area contributed by atoms with Crippen molar-refractivity contribution >= 4 is 5.96 Å². The molecule has 18 heavy (non-hydrogen) atoms. The third-order valence-corrected chi connectivity index (χ3v) is 2.99. The highest BCUT2D eigenvalue weighted by molar-refractivity contribution is 5.81. The minimum Gasteiger partial charge on any atom is -0.353 e. The van der Waals surface area contributed by atoms with Crippen molar-refractivity contribution in [1.29, 1.82) is 5.26 Å². The summed E-state index contributed by atoms with van der Waals surface area (Å²) in [5.74, 6) is 0.344. The van der Waals surface area contributed by atoms with Crippen LogP contribution in [0.1, 0.15) is 23.6 Å². The molecule has 0 bridgehead atoms. The first-order chi connectivity index (χ1) is 8.85. The van der Waals surface area contributed by atoms with E-state index in [1.807, 2.05) is 12.1 Å². The number of alkyl halides is 1. The molecule has 94 valence electrons. The molecule has 0 radical (unpaired) electrons. The Hall–Kier alpha value is -2.09. The fourth-order valence-electron chi connectivity index (χ4n) is 2.21. The minimum atomic E-state index is -0.493. The number of fused-ring (bicyclic) bond motifs is 1. The van der Waals surface area contributed by atoms with Gasteiger partial charge in [-0.2, -0.15) is 5.26 Å². The predicted octanol–water partition coefficient (Wildman–Crippen LogP) is 1.66. The zero-order valence-electron chi connectivity index (χ0n) is 9.99. The number of aliphatic imine (C=N–C) groups is 1. The summed E-state index contributed by atoms with van der Waals surface area (Å²) < 4.78 is 12.1. The van der Waals surface area contributed by atoms with E-state index >= 15 is 0 Å². The highest BCUT2D eigenvalue weighted by Crippen LogP contribution is 2.30.